The highest BCUT2D eigenvalue weighted by Crippen LogP contribution is 2.04. The van der Waals surface area contributed by atoms with E-state index in [1.54, 1.807) is 12.1 Å². The summed E-state index contributed by atoms with van der Waals surface area (Å²) in [6.45, 7) is -0.129. The van der Waals surface area contributed by atoms with E-state index in [0.29, 0.717) is 11.4 Å². The van der Waals surface area contributed by atoms with Crippen LogP contribution in [-0.4, -0.2) is 56.5 Å². The molecule has 21 heavy (non-hydrogen) atoms. The highest BCUT2D eigenvalue weighted by molar-refractivity contribution is 5.94. The second kappa shape index (κ2) is 6.57. The Bertz CT molecular complexity index is 611. The third kappa shape index (κ3) is 3.60. The van der Waals surface area contributed by atoms with Gasteiger partial charge in [0.25, 0.3) is 5.91 Å². The van der Waals surface area contributed by atoms with E-state index in [1.165, 1.54) is 30.6 Å². The van der Waals surface area contributed by atoms with Gasteiger partial charge in [0.1, 0.15) is 12.7 Å². The summed E-state index contributed by atoms with van der Waals surface area (Å²) in [7, 11) is 1.26. The van der Waals surface area contributed by atoms with Crippen LogP contribution in [0.5, 0.6) is 0 Å². The van der Waals surface area contributed by atoms with E-state index < -0.39 is 18.0 Å². The molecule has 0 radical (unpaired) electrons. The van der Waals surface area contributed by atoms with E-state index in [2.05, 4.69) is 20.4 Å². The van der Waals surface area contributed by atoms with E-state index in [0.717, 1.165) is 0 Å². The summed E-state index contributed by atoms with van der Waals surface area (Å²) in [6.07, 6.45) is 3.14. The zero-order chi connectivity index (χ0) is 15.2. The SMILES string of the molecule is COC(CNC(=O)c1ccc(-n2cncn2)nc1)C(=O)O. The van der Waals surface area contributed by atoms with Crippen LogP contribution in [0.15, 0.2) is 31.0 Å². The molecule has 0 saturated carbocycles. The van der Waals surface area contributed by atoms with Crippen LogP contribution in [0.1, 0.15) is 10.4 Å². The summed E-state index contributed by atoms with van der Waals surface area (Å²) in [4.78, 5) is 30.5. The first-order valence-corrected chi connectivity index (χ1v) is 5.96. The predicted octanol–water partition coefficient (Wildman–Crippen LogP) is -0.508. The topological polar surface area (TPSA) is 119 Å². The largest absolute Gasteiger partial charge is 0.479 e. The molecule has 2 aromatic heterocycles. The molecule has 1 atom stereocenters. The highest BCUT2D eigenvalue weighted by atomic mass is 16.5. The Morgan fingerprint density at radius 3 is 2.81 bits per heavy atom. The van der Waals surface area contributed by atoms with Crippen LogP contribution in [0, 0.1) is 0 Å². The minimum absolute atomic E-state index is 0.129. The van der Waals surface area contributed by atoms with Gasteiger partial charge < -0.3 is 15.2 Å². The van der Waals surface area contributed by atoms with Gasteiger partial charge in [-0.1, -0.05) is 0 Å². The van der Waals surface area contributed by atoms with Crippen LogP contribution < -0.4 is 5.32 Å². The molecule has 1 unspecified atom stereocenters. The van der Waals surface area contributed by atoms with E-state index >= 15 is 0 Å². The Morgan fingerprint density at radius 2 is 2.29 bits per heavy atom. The number of hydrogen-bond donors (Lipinski definition) is 2. The normalized spacial score (nSPS) is 11.9. The first-order chi connectivity index (χ1) is 10.1. The molecule has 2 aromatic rings. The third-order valence-corrected chi connectivity index (χ3v) is 2.67. The second-order valence-corrected chi connectivity index (χ2v) is 4.02. The van der Waals surface area contributed by atoms with Crippen molar-refractivity contribution in [2.45, 2.75) is 6.10 Å². The first-order valence-electron chi connectivity index (χ1n) is 5.96. The molecule has 0 saturated heterocycles. The van der Waals surface area contributed by atoms with Crippen molar-refractivity contribution >= 4 is 11.9 Å². The average Bonchev–Trinajstić information content (AvgIpc) is 3.01. The third-order valence-electron chi connectivity index (χ3n) is 2.67. The van der Waals surface area contributed by atoms with E-state index in [1.807, 2.05) is 0 Å². The van der Waals surface area contributed by atoms with Crippen LogP contribution in [-0.2, 0) is 9.53 Å². The Morgan fingerprint density at radius 1 is 1.48 bits per heavy atom. The van der Waals surface area contributed by atoms with Crippen molar-refractivity contribution in [3.63, 3.8) is 0 Å². The second-order valence-electron chi connectivity index (χ2n) is 4.02. The maximum atomic E-state index is 11.9. The molecule has 9 nitrogen and oxygen atoms in total. The number of rotatable bonds is 6. The zero-order valence-corrected chi connectivity index (χ0v) is 11.1. The quantitative estimate of drug-likeness (QED) is 0.735. The lowest BCUT2D eigenvalue weighted by atomic mass is 10.2. The van der Waals surface area contributed by atoms with Crippen molar-refractivity contribution in [2.24, 2.45) is 0 Å². The number of carboxylic acid groups (broad SMARTS) is 1. The molecule has 2 heterocycles. The highest BCUT2D eigenvalue weighted by Gasteiger charge is 2.17. The molecular formula is C12H13N5O4. The number of ether oxygens (including phenoxy) is 1. The Balaban J connectivity index is 1.98. The van der Waals surface area contributed by atoms with Crippen LogP contribution in [0.2, 0.25) is 0 Å². The summed E-state index contributed by atoms with van der Waals surface area (Å²) in [5, 5.41) is 15.2. The van der Waals surface area contributed by atoms with Crippen LogP contribution in [0.3, 0.4) is 0 Å². The molecule has 0 fully saturated rings. The summed E-state index contributed by atoms with van der Waals surface area (Å²) >= 11 is 0. The fraction of sp³-hybridized carbons (Fsp3) is 0.250. The van der Waals surface area contributed by atoms with E-state index in [-0.39, 0.29) is 6.54 Å². The van der Waals surface area contributed by atoms with Gasteiger partial charge in [-0.2, -0.15) is 5.10 Å². The fourth-order valence-electron chi connectivity index (χ4n) is 1.54. The van der Waals surface area contributed by atoms with Gasteiger partial charge in [0.05, 0.1) is 12.1 Å². The molecule has 1 amide bonds. The minimum Gasteiger partial charge on any atom is -0.479 e. The standard InChI is InChI=1S/C12H13N5O4/c1-21-9(12(19)20)5-15-11(18)8-2-3-10(14-4-8)17-7-13-6-16-17/h2-4,6-7,9H,5H2,1H3,(H,15,18)(H,19,20). The summed E-state index contributed by atoms with van der Waals surface area (Å²) < 4.78 is 6.17. The van der Waals surface area contributed by atoms with Gasteiger partial charge >= 0.3 is 5.97 Å². The lowest BCUT2D eigenvalue weighted by molar-refractivity contribution is -0.148. The van der Waals surface area contributed by atoms with Crippen molar-refractivity contribution in [1.29, 1.82) is 0 Å². The fourth-order valence-corrected chi connectivity index (χ4v) is 1.54. The molecule has 9 heteroatoms. The number of nitrogens with one attached hydrogen (secondary N) is 1. The van der Waals surface area contributed by atoms with E-state index in [9.17, 15) is 9.59 Å². The van der Waals surface area contributed by atoms with Crippen molar-refractivity contribution in [2.75, 3.05) is 13.7 Å². The smallest absolute Gasteiger partial charge is 0.334 e. The van der Waals surface area contributed by atoms with Crippen molar-refractivity contribution in [3.8, 4) is 5.82 Å². The Kier molecular flexibility index (Phi) is 4.57. The average molecular weight is 291 g/mol. The van der Waals surface area contributed by atoms with Crippen molar-refractivity contribution in [1.82, 2.24) is 25.1 Å². The van der Waals surface area contributed by atoms with Gasteiger partial charge in [-0.05, 0) is 12.1 Å². The van der Waals surface area contributed by atoms with Gasteiger partial charge in [0.15, 0.2) is 11.9 Å². The van der Waals surface area contributed by atoms with Gasteiger partial charge in [-0.3, -0.25) is 4.79 Å². The molecule has 2 rings (SSSR count). The van der Waals surface area contributed by atoms with Crippen molar-refractivity contribution < 1.29 is 19.4 Å². The van der Waals surface area contributed by atoms with Gasteiger partial charge in [0, 0.05) is 13.3 Å². The number of carboxylic acids is 1. The van der Waals surface area contributed by atoms with Crippen LogP contribution in [0.25, 0.3) is 5.82 Å². The number of methoxy groups -OCH3 is 1. The molecule has 0 aliphatic heterocycles. The summed E-state index contributed by atoms with van der Waals surface area (Å²) in [5.41, 5.74) is 0.305. The molecule has 0 aliphatic carbocycles. The van der Waals surface area contributed by atoms with Gasteiger partial charge in [-0.25, -0.2) is 19.4 Å². The number of hydrogen-bond acceptors (Lipinski definition) is 6. The van der Waals surface area contributed by atoms with Crippen LogP contribution >= 0.6 is 0 Å². The summed E-state index contributed by atoms with van der Waals surface area (Å²) in [5.74, 6) is -1.06. The number of carbonyl (C=O) groups excluding carboxylic acids is 1. The number of nitrogens with zero attached hydrogens (tertiary/aromatic N) is 4. The van der Waals surface area contributed by atoms with Crippen LogP contribution in [0.4, 0.5) is 0 Å². The molecule has 0 bridgehead atoms. The summed E-state index contributed by atoms with van der Waals surface area (Å²) in [6, 6.07) is 3.16. The predicted molar refractivity (Wildman–Crippen MR) is 69.9 cm³/mol. The number of aromatic nitrogens is 4. The Hall–Kier alpha value is -2.81. The maximum Gasteiger partial charge on any atom is 0.334 e. The first kappa shape index (κ1) is 14.6. The number of carbonyl (C=O) groups is 2. The van der Waals surface area contributed by atoms with E-state index in [4.69, 9.17) is 9.84 Å². The Labute approximate surface area is 119 Å². The van der Waals surface area contributed by atoms with Crippen molar-refractivity contribution in [3.05, 3.63) is 36.5 Å². The number of amides is 1. The molecular weight excluding hydrogens is 278 g/mol. The molecule has 0 aliphatic rings. The molecule has 0 spiro atoms. The number of pyridine rings is 1. The van der Waals surface area contributed by atoms with Gasteiger partial charge in [-0.15, -0.1) is 0 Å². The lowest BCUT2D eigenvalue weighted by Crippen LogP contribution is -2.37. The zero-order valence-electron chi connectivity index (χ0n) is 11.1. The molecule has 110 valence electrons. The molecule has 2 N–H and O–H groups in total. The monoisotopic (exact) mass is 291 g/mol. The molecule has 0 aromatic carbocycles. The lowest BCUT2D eigenvalue weighted by Gasteiger charge is -2.11. The maximum absolute atomic E-state index is 11.9. The van der Waals surface area contributed by atoms with Gasteiger partial charge in [0.2, 0.25) is 0 Å². The minimum atomic E-state index is -1.14. The number of aliphatic carboxylic acids is 1.